The van der Waals surface area contributed by atoms with E-state index < -0.39 is 22.6 Å². The summed E-state index contributed by atoms with van der Waals surface area (Å²) in [6.45, 7) is 0. The second kappa shape index (κ2) is 2.75. The van der Waals surface area contributed by atoms with E-state index in [2.05, 4.69) is 5.32 Å². The third kappa shape index (κ3) is 0.754. The number of nitrogens with zero attached hydrogens (tertiary/aromatic N) is 2. The highest BCUT2D eigenvalue weighted by Gasteiger charge is 2.75. The Labute approximate surface area is 97.7 Å². The fourth-order valence-corrected chi connectivity index (χ4v) is 3.57. The second-order valence-electron chi connectivity index (χ2n) is 4.80. The Morgan fingerprint density at radius 1 is 1.06 bits per heavy atom. The molecule has 1 saturated carbocycles. The summed E-state index contributed by atoms with van der Waals surface area (Å²) in [5.41, 5.74) is -3.03. The zero-order valence-electron chi connectivity index (χ0n) is 8.93. The topological polar surface area (TPSA) is 93.8 Å². The lowest BCUT2D eigenvalue weighted by Crippen LogP contribution is -2.56. The van der Waals surface area contributed by atoms with E-state index >= 15 is 0 Å². The average Bonchev–Trinajstić information content (AvgIpc) is 2.61. The number of rotatable bonds is 0. The third-order valence-corrected chi connectivity index (χ3v) is 4.39. The summed E-state index contributed by atoms with van der Waals surface area (Å²) in [5.74, 6) is -1.87. The van der Waals surface area contributed by atoms with Crippen molar-refractivity contribution in [1.82, 2.24) is 5.32 Å². The van der Waals surface area contributed by atoms with Gasteiger partial charge in [0.15, 0.2) is 10.8 Å². The van der Waals surface area contributed by atoms with Crippen LogP contribution in [-0.4, -0.2) is 11.8 Å². The lowest BCUT2D eigenvalue weighted by molar-refractivity contribution is -0.136. The molecule has 2 bridgehead atoms. The van der Waals surface area contributed by atoms with Gasteiger partial charge in [0, 0.05) is 11.8 Å². The molecular weight excluding hydrogens is 218 g/mol. The predicted octanol–water partition coefficient (Wildman–Crippen LogP) is 0.259. The molecule has 17 heavy (non-hydrogen) atoms. The molecule has 5 nitrogen and oxygen atoms in total. The molecule has 1 N–H and O–H groups in total. The molecule has 0 radical (unpaired) electrons. The molecule has 0 unspecified atom stereocenters. The first-order valence-corrected chi connectivity index (χ1v) is 5.50. The van der Waals surface area contributed by atoms with Crippen LogP contribution in [0.5, 0.6) is 0 Å². The highest BCUT2D eigenvalue weighted by Crippen LogP contribution is 2.62. The molecule has 1 heterocycles. The molecule has 2 amide bonds. The zero-order chi connectivity index (χ0) is 12.3. The molecule has 0 spiro atoms. The van der Waals surface area contributed by atoms with Crippen molar-refractivity contribution in [2.24, 2.45) is 22.7 Å². The van der Waals surface area contributed by atoms with Gasteiger partial charge in [-0.2, -0.15) is 10.5 Å². The van der Waals surface area contributed by atoms with E-state index in [1.54, 1.807) is 0 Å². The molecular formula is C12H9N3O2. The van der Waals surface area contributed by atoms with Crippen LogP contribution < -0.4 is 5.32 Å². The minimum absolute atomic E-state index is 0.330. The van der Waals surface area contributed by atoms with Crippen LogP contribution in [0.3, 0.4) is 0 Å². The Bertz CT molecular complexity index is 505. The first kappa shape index (κ1) is 10.0. The summed E-state index contributed by atoms with van der Waals surface area (Å²) >= 11 is 0. The Hall–Kier alpha value is -2.14. The largest absolute Gasteiger partial charge is 0.293 e. The first-order valence-electron chi connectivity index (χ1n) is 5.50. The summed E-state index contributed by atoms with van der Waals surface area (Å²) in [7, 11) is 0. The van der Waals surface area contributed by atoms with Crippen molar-refractivity contribution in [3.63, 3.8) is 0 Å². The van der Waals surface area contributed by atoms with Crippen molar-refractivity contribution < 1.29 is 9.59 Å². The van der Waals surface area contributed by atoms with Gasteiger partial charge in [-0.05, 0) is 12.8 Å². The van der Waals surface area contributed by atoms with E-state index in [1.165, 1.54) is 0 Å². The first-order chi connectivity index (χ1) is 8.13. The quantitative estimate of drug-likeness (QED) is 0.474. The summed E-state index contributed by atoms with van der Waals surface area (Å²) in [4.78, 5) is 24.0. The van der Waals surface area contributed by atoms with Gasteiger partial charge in [-0.15, -0.1) is 0 Å². The number of hydrogen-bond donors (Lipinski definition) is 1. The molecule has 1 saturated heterocycles. The van der Waals surface area contributed by atoms with E-state index in [4.69, 9.17) is 0 Å². The van der Waals surface area contributed by atoms with Crippen molar-refractivity contribution in [3.8, 4) is 12.1 Å². The zero-order valence-corrected chi connectivity index (χ0v) is 8.93. The number of carbonyl (C=O) groups is 2. The van der Waals surface area contributed by atoms with Crippen LogP contribution in [0, 0.1) is 45.3 Å². The lowest BCUT2D eigenvalue weighted by atomic mass is 9.47. The molecule has 1 aliphatic heterocycles. The number of nitriles is 2. The van der Waals surface area contributed by atoms with Crippen LogP contribution in [0.1, 0.15) is 12.8 Å². The van der Waals surface area contributed by atoms with E-state index in [1.807, 2.05) is 24.3 Å². The maximum absolute atomic E-state index is 12.0. The lowest BCUT2D eigenvalue weighted by Gasteiger charge is -2.48. The molecule has 4 rings (SSSR count). The van der Waals surface area contributed by atoms with E-state index in [9.17, 15) is 20.1 Å². The van der Waals surface area contributed by atoms with Crippen LogP contribution in [0.15, 0.2) is 12.2 Å². The van der Waals surface area contributed by atoms with Gasteiger partial charge in [-0.3, -0.25) is 14.9 Å². The SMILES string of the molecule is N#C[C@]12C(=O)NC(=O)[C@]1(C#N)[C@H]1C=C[C@@H]2CC1. The van der Waals surface area contributed by atoms with Gasteiger partial charge in [0.05, 0.1) is 12.1 Å². The van der Waals surface area contributed by atoms with Crippen molar-refractivity contribution in [2.75, 3.05) is 0 Å². The number of amides is 2. The van der Waals surface area contributed by atoms with Crippen LogP contribution in [0.4, 0.5) is 0 Å². The van der Waals surface area contributed by atoms with Crippen LogP contribution in [0.2, 0.25) is 0 Å². The summed E-state index contributed by atoms with van der Waals surface area (Å²) in [5, 5.41) is 21.0. The number of allylic oxidation sites excluding steroid dienone is 2. The van der Waals surface area contributed by atoms with Gasteiger partial charge < -0.3 is 0 Å². The van der Waals surface area contributed by atoms with Gasteiger partial charge >= 0.3 is 0 Å². The number of hydrogen-bond acceptors (Lipinski definition) is 4. The summed E-state index contributed by atoms with van der Waals surface area (Å²) in [6, 6.07) is 3.95. The smallest absolute Gasteiger partial charge is 0.249 e. The highest BCUT2D eigenvalue weighted by atomic mass is 16.2. The summed E-state index contributed by atoms with van der Waals surface area (Å²) in [6.07, 6.45) is 4.98. The maximum Gasteiger partial charge on any atom is 0.249 e. The van der Waals surface area contributed by atoms with E-state index in [-0.39, 0.29) is 11.8 Å². The Morgan fingerprint density at radius 3 is 1.76 bits per heavy atom. The van der Waals surface area contributed by atoms with Crippen molar-refractivity contribution in [2.45, 2.75) is 12.8 Å². The molecule has 84 valence electrons. The monoisotopic (exact) mass is 227 g/mol. The van der Waals surface area contributed by atoms with E-state index in [0.717, 1.165) is 0 Å². The number of fused-ring (bicyclic) bond motifs is 1. The minimum atomic E-state index is -1.52. The molecule has 4 aliphatic rings. The van der Waals surface area contributed by atoms with Crippen LogP contribution in [0.25, 0.3) is 0 Å². The molecule has 0 aromatic rings. The number of nitrogens with one attached hydrogen (secondary N) is 1. The van der Waals surface area contributed by atoms with Crippen LogP contribution >= 0.6 is 0 Å². The third-order valence-electron chi connectivity index (χ3n) is 4.39. The normalized spacial score (nSPS) is 46.0. The minimum Gasteiger partial charge on any atom is -0.293 e. The van der Waals surface area contributed by atoms with Crippen molar-refractivity contribution >= 4 is 11.8 Å². The van der Waals surface area contributed by atoms with Crippen molar-refractivity contribution in [1.29, 1.82) is 10.5 Å². The second-order valence-corrected chi connectivity index (χ2v) is 4.80. The highest BCUT2D eigenvalue weighted by molar-refractivity contribution is 6.13. The van der Waals surface area contributed by atoms with Gasteiger partial charge in [0.2, 0.25) is 11.8 Å². The molecule has 0 aromatic carbocycles. The Morgan fingerprint density at radius 2 is 1.47 bits per heavy atom. The van der Waals surface area contributed by atoms with E-state index in [0.29, 0.717) is 12.8 Å². The van der Waals surface area contributed by atoms with Gasteiger partial charge in [-0.1, -0.05) is 12.2 Å². The van der Waals surface area contributed by atoms with Crippen LogP contribution in [-0.2, 0) is 9.59 Å². The molecule has 5 heteroatoms. The number of imide groups is 1. The predicted molar refractivity (Wildman–Crippen MR) is 54.6 cm³/mol. The van der Waals surface area contributed by atoms with Gasteiger partial charge in [-0.25, -0.2) is 0 Å². The fourth-order valence-electron chi connectivity index (χ4n) is 3.57. The van der Waals surface area contributed by atoms with Crippen molar-refractivity contribution in [3.05, 3.63) is 12.2 Å². The molecule has 4 atom stereocenters. The standard InChI is InChI=1S/C12H9N3O2/c13-5-11-7-1-2-8(4-3-7)12(11,6-14)10(17)15-9(11)16/h1-2,7-8H,3-4H2,(H,15,16,17)/t7-,8+,11-,12-/m0/s1. The Kier molecular flexibility index (Phi) is 1.63. The maximum atomic E-state index is 12.0. The fraction of sp³-hybridized carbons (Fsp3) is 0.500. The average molecular weight is 227 g/mol. The van der Waals surface area contributed by atoms with Gasteiger partial charge in [0.1, 0.15) is 0 Å². The molecule has 3 aliphatic carbocycles. The molecule has 0 aromatic heterocycles. The number of carbonyl (C=O) groups excluding carboxylic acids is 2. The molecule has 2 fully saturated rings. The Balaban J connectivity index is 2.37. The van der Waals surface area contributed by atoms with Gasteiger partial charge in [0.25, 0.3) is 0 Å². The summed E-state index contributed by atoms with van der Waals surface area (Å²) < 4.78 is 0.